The largest absolute Gasteiger partial charge is 0.422 e. The van der Waals surface area contributed by atoms with Crippen molar-refractivity contribution in [3.8, 4) is 11.5 Å². The summed E-state index contributed by atoms with van der Waals surface area (Å²) < 4.78 is 11.8. The fourth-order valence-electron chi connectivity index (χ4n) is 5.09. The average molecular weight is 390 g/mol. The molecule has 150 valence electrons. The highest BCUT2D eigenvalue weighted by Gasteiger charge is 2.51. The van der Waals surface area contributed by atoms with Gasteiger partial charge in [-0.1, -0.05) is 45.2 Å². The Morgan fingerprint density at radius 2 is 2.03 bits per heavy atom. The van der Waals surface area contributed by atoms with Crippen LogP contribution in [-0.2, 0) is 21.4 Å². The van der Waals surface area contributed by atoms with Crippen LogP contribution >= 0.6 is 0 Å². The van der Waals surface area contributed by atoms with E-state index in [0.29, 0.717) is 23.0 Å². The van der Waals surface area contributed by atoms with Crippen molar-refractivity contribution in [1.82, 2.24) is 0 Å². The van der Waals surface area contributed by atoms with Gasteiger partial charge < -0.3 is 9.47 Å². The van der Waals surface area contributed by atoms with Gasteiger partial charge in [-0.05, 0) is 49.5 Å². The van der Waals surface area contributed by atoms with Crippen molar-refractivity contribution in [2.45, 2.75) is 57.8 Å². The zero-order valence-corrected chi connectivity index (χ0v) is 17.3. The second-order valence-electron chi connectivity index (χ2n) is 8.44. The zero-order chi connectivity index (χ0) is 20.9. The highest BCUT2D eigenvalue weighted by Crippen LogP contribution is 2.64. The van der Waals surface area contributed by atoms with Gasteiger partial charge in [-0.25, -0.2) is 9.59 Å². The Morgan fingerprint density at radius 3 is 2.69 bits per heavy atom. The second kappa shape index (κ2) is 6.87. The molecule has 4 heteroatoms. The Hall–Kier alpha value is -2.88. The Morgan fingerprint density at radius 1 is 1.28 bits per heavy atom. The first-order valence-electron chi connectivity index (χ1n) is 10.1. The first-order chi connectivity index (χ1) is 13.8. The molecule has 2 bridgehead atoms. The standard InChI is InChI=1S/C25H26O4/c1-6-15-9-8-10-17-19(15)23(29-24(27)14(3)4)20-16-11-12-25(5,13-16)21(20)22(17)28-18(26)7-2/h7-10,16H,2-3,6,11-13H2,1,4-5H3. The van der Waals surface area contributed by atoms with Crippen LogP contribution in [0.15, 0.2) is 43.0 Å². The maximum atomic E-state index is 12.5. The van der Waals surface area contributed by atoms with Crippen molar-refractivity contribution >= 4 is 22.7 Å². The summed E-state index contributed by atoms with van der Waals surface area (Å²) in [4.78, 5) is 24.7. The van der Waals surface area contributed by atoms with Gasteiger partial charge in [0.2, 0.25) is 0 Å². The van der Waals surface area contributed by atoms with Crippen LogP contribution in [0.25, 0.3) is 10.8 Å². The van der Waals surface area contributed by atoms with Gasteiger partial charge in [-0.3, -0.25) is 0 Å². The molecular weight excluding hydrogens is 364 g/mol. The Kier molecular flexibility index (Phi) is 4.60. The third-order valence-corrected chi connectivity index (χ3v) is 6.41. The summed E-state index contributed by atoms with van der Waals surface area (Å²) in [6.45, 7) is 13.2. The number of aryl methyl sites for hydroxylation is 1. The van der Waals surface area contributed by atoms with E-state index in [1.165, 1.54) is 6.08 Å². The van der Waals surface area contributed by atoms with Crippen LogP contribution in [0.4, 0.5) is 0 Å². The number of hydrogen-bond donors (Lipinski definition) is 0. The summed E-state index contributed by atoms with van der Waals surface area (Å²) in [6.07, 6.45) is 4.99. The molecule has 29 heavy (non-hydrogen) atoms. The molecule has 2 unspecified atom stereocenters. The van der Waals surface area contributed by atoms with Crippen molar-refractivity contribution in [3.63, 3.8) is 0 Å². The average Bonchev–Trinajstić information content (AvgIpc) is 3.23. The third kappa shape index (κ3) is 2.89. The van der Waals surface area contributed by atoms with E-state index in [1.54, 1.807) is 6.92 Å². The van der Waals surface area contributed by atoms with Crippen molar-refractivity contribution < 1.29 is 19.1 Å². The van der Waals surface area contributed by atoms with Crippen molar-refractivity contribution in [1.29, 1.82) is 0 Å². The minimum Gasteiger partial charge on any atom is -0.422 e. The molecule has 0 spiro atoms. The molecule has 2 aliphatic rings. The Labute approximate surface area is 171 Å². The molecule has 1 fully saturated rings. The highest BCUT2D eigenvalue weighted by molar-refractivity contribution is 6.03. The molecular formula is C25H26O4. The van der Waals surface area contributed by atoms with Gasteiger partial charge in [-0.15, -0.1) is 0 Å². The molecule has 0 saturated heterocycles. The van der Waals surface area contributed by atoms with E-state index < -0.39 is 11.9 Å². The van der Waals surface area contributed by atoms with E-state index >= 15 is 0 Å². The minimum absolute atomic E-state index is 0.0996. The molecule has 2 aliphatic carbocycles. The van der Waals surface area contributed by atoms with Crippen LogP contribution in [0.2, 0.25) is 0 Å². The predicted molar refractivity (Wildman–Crippen MR) is 114 cm³/mol. The summed E-state index contributed by atoms with van der Waals surface area (Å²) in [5, 5.41) is 1.66. The topological polar surface area (TPSA) is 52.6 Å². The SMILES string of the molecule is C=CC(=O)Oc1c2c(c(OC(=O)C(=C)C)c3c(CC)cccc13)C1CCC2(C)C1. The van der Waals surface area contributed by atoms with Gasteiger partial charge in [0.25, 0.3) is 0 Å². The van der Waals surface area contributed by atoms with Crippen molar-refractivity contribution in [2.24, 2.45) is 0 Å². The lowest BCUT2D eigenvalue weighted by Crippen LogP contribution is -2.21. The number of hydrogen-bond acceptors (Lipinski definition) is 4. The van der Waals surface area contributed by atoms with E-state index in [4.69, 9.17) is 9.47 Å². The molecule has 2 aromatic rings. The molecule has 0 amide bonds. The molecule has 1 saturated carbocycles. The van der Waals surface area contributed by atoms with Gasteiger partial charge in [0.05, 0.1) is 0 Å². The third-order valence-electron chi connectivity index (χ3n) is 6.41. The number of esters is 2. The molecule has 4 nitrogen and oxygen atoms in total. The number of benzene rings is 2. The van der Waals surface area contributed by atoms with E-state index in [1.807, 2.05) is 18.2 Å². The predicted octanol–water partition coefficient (Wildman–Crippen LogP) is 5.51. The molecule has 2 aromatic carbocycles. The van der Waals surface area contributed by atoms with Crippen LogP contribution in [0, 0.1) is 0 Å². The lowest BCUT2D eigenvalue weighted by molar-refractivity contribution is -0.130. The van der Waals surface area contributed by atoms with Gasteiger partial charge in [0, 0.05) is 33.5 Å². The smallest absolute Gasteiger partial charge is 0.338 e. The lowest BCUT2D eigenvalue weighted by Gasteiger charge is -2.29. The lowest BCUT2D eigenvalue weighted by atomic mass is 9.78. The Balaban J connectivity index is 2.12. The second-order valence-corrected chi connectivity index (χ2v) is 8.44. The fourth-order valence-corrected chi connectivity index (χ4v) is 5.09. The quantitative estimate of drug-likeness (QED) is 0.383. The number of carbonyl (C=O) groups is 2. The van der Waals surface area contributed by atoms with Gasteiger partial charge >= 0.3 is 11.9 Å². The first kappa shape index (κ1) is 19.4. The maximum absolute atomic E-state index is 12.5. The van der Waals surface area contributed by atoms with Crippen molar-refractivity contribution in [2.75, 3.05) is 0 Å². The number of carbonyl (C=O) groups excluding carboxylic acids is 2. The summed E-state index contributed by atoms with van der Waals surface area (Å²) in [5.41, 5.74) is 3.34. The molecule has 0 radical (unpaired) electrons. The van der Waals surface area contributed by atoms with E-state index in [9.17, 15) is 9.59 Å². The first-order valence-corrected chi connectivity index (χ1v) is 10.1. The molecule has 4 rings (SSSR count). The van der Waals surface area contributed by atoms with Gasteiger partial charge in [0.15, 0.2) is 0 Å². The normalized spacial score (nSPS) is 21.7. The zero-order valence-electron chi connectivity index (χ0n) is 17.3. The van der Waals surface area contributed by atoms with Crippen LogP contribution in [0.1, 0.15) is 62.6 Å². The van der Waals surface area contributed by atoms with E-state index in [0.717, 1.165) is 53.1 Å². The Bertz CT molecular complexity index is 1080. The number of rotatable bonds is 5. The van der Waals surface area contributed by atoms with Gasteiger partial charge in [-0.2, -0.15) is 0 Å². The van der Waals surface area contributed by atoms with E-state index in [-0.39, 0.29) is 5.41 Å². The van der Waals surface area contributed by atoms with Gasteiger partial charge in [0.1, 0.15) is 11.5 Å². The summed E-state index contributed by atoms with van der Waals surface area (Å²) in [5.74, 6) is 0.595. The van der Waals surface area contributed by atoms with E-state index in [2.05, 4.69) is 27.0 Å². The molecule has 2 atom stereocenters. The van der Waals surface area contributed by atoms with Crippen LogP contribution in [0.3, 0.4) is 0 Å². The summed E-state index contributed by atoms with van der Waals surface area (Å²) >= 11 is 0. The van der Waals surface area contributed by atoms with Crippen LogP contribution in [0.5, 0.6) is 11.5 Å². The monoisotopic (exact) mass is 390 g/mol. The minimum atomic E-state index is -0.478. The highest BCUT2D eigenvalue weighted by atomic mass is 16.5. The summed E-state index contributed by atoms with van der Waals surface area (Å²) in [7, 11) is 0. The summed E-state index contributed by atoms with van der Waals surface area (Å²) in [6, 6.07) is 5.92. The molecule has 0 aromatic heterocycles. The maximum Gasteiger partial charge on any atom is 0.338 e. The number of fused-ring (bicyclic) bond motifs is 6. The van der Waals surface area contributed by atoms with Crippen molar-refractivity contribution in [3.05, 3.63) is 59.7 Å². The molecule has 0 aliphatic heterocycles. The van der Waals surface area contributed by atoms with Crippen LogP contribution in [-0.4, -0.2) is 11.9 Å². The number of ether oxygens (including phenoxy) is 2. The fraction of sp³-hybridized carbons (Fsp3) is 0.360. The molecule has 0 heterocycles. The molecule has 0 N–H and O–H groups in total. The van der Waals surface area contributed by atoms with Crippen LogP contribution < -0.4 is 9.47 Å².